The van der Waals surface area contributed by atoms with E-state index in [1.807, 2.05) is 24.3 Å². The molecular formula is C15H16N2O2. The molecule has 0 spiro atoms. The van der Waals surface area contributed by atoms with Crippen LogP contribution in [0.4, 0.5) is 0 Å². The van der Waals surface area contributed by atoms with Crippen molar-refractivity contribution in [3.05, 3.63) is 47.4 Å². The van der Waals surface area contributed by atoms with Crippen LogP contribution in [-0.2, 0) is 19.4 Å². The van der Waals surface area contributed by atoms with Crippen LogP contribution in [0.5, 0.6) is 11.6 Å². The van der Waals surface area contributed by atoms with Gasteiger partial charge in [-0.3, -0.25) is 0 Å². The third-order valence-corrected chi connectivity index (χ3v) is 3.38. The summed E-state index contributed by atoms with van der Waals surface area (Å²) < 4.78 is 5.86. The molecule has 3 rings (SSSR count). The molecule has 0 fully saturated rings. The van der Waals surface area contributed by atoms with Crippen molar-refractivity contribution in [1.29, 1.82) is 0 Å². The Balaban J connectivity index is 1.90. The van der Waals surface area contributed by atoms with E-state index in [2.05, 4.69) is 9.97 Å². The quantitative estimate of drug-likeness (QED) is 0.917. The van der Waals surface area contributed by atoms with Gasteiger partial charge in [0.15, 0.2) is 0 Å². The number of aryl methyl sites for hydroxylation is 1. The minimum absolute atomic E-state index is 0.0130. The lowest BCUT2D eigenvalue weighted by Crippen LogP contribution is -2.08. The summed E-state index contributed by atoms with van der Waals surface area (Å²) in [5.41, 5.74) is 3.07. The van der Waals surface area contributed by atoms with Gasteiger partial charge in [0.05, 0.1) is 12.3 Å². The lowest BCUT2D eigenvalue weighted by Gasteiger charge is -2.17. The Morgan fingerprint density at radius 3 is 2.95 bits per heavy atom. The van der Waals surface area contributed by atoms with E-state index >= 15 is 0 Å². The molecule has 4 nitrogen and oxygen atoms in total. The molecule has 2 aromatic rings. The summed E-state index contributed by atoms with van der Waals surface area (Å²) in [5.74, 6) is 1.36. The van der Waals surface area contributed by atoms with E-state index < -0.39 is 0 Å². The average molecular weight is 256 g/mol. The van der Waals surface area contributed by atoms with Gasteiger partial charge in [-0.15, -0.1) is 0 Å². The highest BCUT2D eigenvalue weighted by Crippen LogP contribution is 2.29. The van der Waals surface area contributed by atoms with Crippen molar-refractivity contribution >= 4 is 0 Å². The molecule has 0 radical (unpaired) electrons. The Morgan fingerprint density at radius 1 is 1.16 bits per heavy atom. The second-order valence-corrected chi connectivity index (χ2v) is 4.72. The summed E-state index contributed by atoms with van der Waals surface area (Å²) >= 11 is 0. The topological polar surface area (TPSA) is 55.2 Å². The predicted octanol–water partition coefficient (Wildman–Crippen LogP) is 2.64. The number of fused-ring (bicyclic) bond motifs is 1. The molecule has 1 aliphatic rings. The second kappa shape index (κ2) is 5.36. The molecule has 0 saturated carbocycles. The molecule has 4 heteroatoms. The number of aromatic nitrogens is 2. The standard InChI is InChI=1S/C15H16N2O2/c18-9-11-4-3-5-12(8-11)19-15-13-6-1-2-7-14(13)16-10-17-15/h3-5,8,10,18H,1-2,6-7,9H2. The lowest BCUT2D eigenvalue weighted by atomic mass is 9.97. The fourth-order valence-electron chi connectivity index (χ4n) is 2.40. The van der Waals surface area contributed by atoms with E-state index in [1.54, 1.807) is 6.33 Å². The van der Waals surface area contributed by atoms with Crippen LogP contribution in [0.3, 0.4) is 0 Å². The Bertz CT molecular complexity index is 584. The fraction of sp³-hybridized carbons (Fsp3) is 0.333. The van der Waals surface area contributed by atoms with Crippen LogP contribution >= 0.6 is 0 Å². The van der Waals surface area contributed by atoms with Crippen LogP contribution in [0.2, 0.25) is 0 Å². The number of aliphatic hydroxyl groups excluding tert-OH is 1. The summed E-state index contributed by atoms with van der Waals surface area (Å²) in [5, 5.41) is 9.14. The number of benzene rings is 1. The van der Waals surface area contributed by atoms with Gasteiger partial charge in [-0.25, -0.2) is 9.97 Å². The summed E-state index contributed by atoms with van der Waals surface area (Å²) in [7, 11) is 0. The van der Waals surface area contributed by atoms with Gasteiger partial charge in [0, 0.05) is 5.56 Å². The number of aliphatic hydroxyl groups is 1. The molecule has 19 heavy (non-hydrogen) atoms. The molecule has 0 bridgehead atoms. The minimum atomic E-state index is 0.0130. The van der Waals surface area contributed by atoms with Gasteiger partial charge < -0.3 is 9.84 Å². The molecule has 0 aliphatic heterocycles. The summed E-state index contributed by atoms with van der Waals surface area (Å²) in [4.78, 5) is 8.57. The lowest BCUT2D eigenvalue weighted by molar-refractivity contribution is 0.281. The molecule has 1 aliphatic carbocycles. The maximum absolute atomic E-state index is 9.14. The van der Waals surface area contributed by atoms with Crippen molar-refractivity contribution < 1.29 is 9.84 Å². The van der Waals surface area contributed by atoms with Gasteiger partial charge in [0.25, 0.3) is 0 Å². The van der Waals surface area contributed by atoms with Gasteiger partial charge in [0.2, 0.25) is 5.88 Å². The molecule has 1 aromatic carbocycles. The van der Waals surface area contributed by atoms with Crippen molar-refractivity contribution in [1.82, 2.24) is 9.97 Å². The molecule has 0 unspecified atom stereocenters. The smallest absolute Gasteiger partial charge is 0.225 e. The van der Waals surface area contributed by atoms with Gasteiger partial charge in [-0.05, 0) is 43.4 Å². The van der Waals surface area contributed by atoms with Crippen molar-refractivity contribution in [3.8, 4) is 11.6 Å². The van der Waals surface area contributed by atoms with Crippen molar-refractivity contribution in [2.24, 2.45) is 0 Å². The van der Waals surface area contributed by atoms with E-state index in [0.717, 1.165) is 36.1 Å². The first kappa shape index (κ1) is 12.1. The zero-order valence-corrected chi connectivity index (χ0v) is 10.7. The molecule has 98 valence electrons. The Kier molecular flexibility index (Phi) is 3.42. The second-order valence-electron chi connectivity index (χ2n) is 4.72. The van der Waals surface area contributed by atoms with Crippen LogP contribution in [0.25, 0.3) is 0 Å². The molecule has 0 saturated heterocycles. The summed E-state index contributed by atoms with van der Waals surface area (Å²) in [6, 6.07) is 7.44. The van der Waals surface area contributed by atoms with E-state index in [0.29, 0.717) is 11.6 Å². The third kappa shape index (κ3) is 2.58. The number of nitrogens with zero attached hydrogens (tertiary/aromatic N) is 2. The maximum atomic E-state index is 9.14. The largest absolute Gasteiger partial charge is 0.439 e. The van der Waals surface area contributed by atoms with Crippen LogP contribution in [0.1, 0.15) is 29.7 Å². The van der Waals surface area contributed by atoms with Crippen LogP contribution in [-0.4, -0.2) is 15.1 Å². The highest BCUT2D eigenvalue weighted by molar-refractivity contribution is 5.37. The number of hydrogen-bond acceptors (Lipinski definition) is 4. The van der Waals surface area contributed by atoms with Gasteiger partial charge >= 0.3 is 0 Å². The maximum Gasteiger partial charge on any atom is 0.225 e. The molecule has 0 atom stereocenters. The van der Waals surface area contributed by atoms with Gasteiger partial charge in [-0.1, -0.05) is 12.1 Å². The monoisotopic (exact) mass is 256 g/mol. The first-order chi connectivity index (χ1) is 9.36. The molecule has 1 heterocycles. The van der Waals surface area contributed by atoms with Gasteiger partial charge in [-0.2, -0.15) is 0 Å². The number of ether oxygens (including phenoxy) is 1. The van der Waals surface area contributed by atoms with E-state index in [-0.39, 0.29) is 6.61 Å². The highest BCUT2D eigenvalue weighted by atomic mass is 16.5. The summed E-state index contributed by atoms with van der Waals surface area (Å²) in [6.45, 7) is 0.0130. The van der Waals surface area contributed by atoms with Gasteiger partial charge in [0.1, 0.15) is 12.1 Å². The number of rotatable bonds is 3. The van der Waals surface area contributed by atoms with E-state index in [1.165, 1.54) is 6.42 Å². The number of hydrogen-bond donors (Lipinski definition) is 1. The van der Waals surface area contributed by atoms with Crippen molar-refractivity contribution in [2.75, 3.05) is 0 Å². The van der Waals surface area contributed by atoms with Crippen LogP contribution in [0.15, 0.2) is 30.6 Å². The Labute approximate surface area is 112 Å². The molecular weight excluding hydrogens is 240 g/mol. The Morgan fingerprint density at radius 2 is 2.05 bits per heavy atom. The van der Waals surface area contributed by atoms with Crippen molar-refractivity contribution in [3.63, 3.8) is 0 Å². The normalized spacial score (nSPS) is 13.9. The predicted molar refractivity (Wildman–Crippen MR) is 71.1 cm³/mol. The molecule has 0 amide bonds. The van der Waals surface area contributed by atoms with E-state index in [9.17, 15) is 0 Å². The Hall–Kier alpha value is -1.94. The van der Waals surface area contributed by atoms with Crippen molar-refractivity contribution in [2.45, 2.75) is 32.3 Å². The molecule has 1 N–H and O–H groups in total. The first-order valence-electron chi connectivity index (χ1n) is 6.57. The highest BCUT2D eigenvalue weighted by Gasteiger charge is 2.16. The summed E-state index contributed by atoms with van der Waals surface area (Å²) in [6.07, 6.45) is 5.89. The molecule has 1 aromatic heterocycles. The van der Waals surface area contributed by atoms with E-state index in [4.69, 9.17) is 9.84 Å². The van der Waals surface area contributed by atoms with Crippen LogP contribution in [0, 0.1) is 0 Å². The SMILES string of the molecule is OCc1cccc(Oc2ncnc3c2CCCC3)c1. The zero-order chi connectivity index (χ0) is 13.1. The zero-order valence-electron chi connectivity index (χ0n) is 10.7. The fourth-order valence-corrected chi connectivity index (χ4v) is 2.40. The minimum Gasteiger partial charge on any atom is -0.439 e. The first-order valence-corrected chi connectivity index (χ1v) is 6.57. The third-order valence-electron chi connectivity index (χ3n) is 3.38. The average Bonchev–Trinajstić information content (AvgIpc) is 2.48. The van der Waals surface area contributed by atoms with Crippen LogP contribution < -0.4 is 4.74 Å².